The van der Waals surface area contributed by atoms with Crippen molar-refractivity contribution in [2.24, 2.45) is 0 Å². The summed E-state index contributed by atoms with van der Waals surface area (Å²) in [5.74, 6) is 0.251. The summed E-state index contributed by atoms with van der Waals surface area (Å²) in [6.45, 7) is 7.09. The average Bonchev–Trinajstić information content (AvgIpc) is 3.06. The van der Waals surface area contributed by atoms with E-state index in [4.69, 9.17) is 0 Å². The minimum absolute atomic E-state index is 0.00667. The maximum absolute atomic E-state index is 12.3. The van der Waals surface area contributed by atoms with Crippen molar-refractivity contribution >= 4 is 11.8 Å². The van der Waals surface area contributed by atoms with Gasteiger partial charge in [0.25, 0.3) is 0 Å². The van der Waals surface area contributed by atoms with Crippen molar-refractivity contribution in [1.82, 2.24) is 10.6 Å². The van der Waals surface area contributed by atoms with E-state index in [2.05, 4.69) is 24.5 Å². The second-order valence-electron chi connectivity index (χ2n) is 15.1. The van der Waals surface area contributed by atoms with Gasteiger partial charge in [-0.15, -0.1) is 0 Å². The summed E-state index contributed by atoms with van der Waals surface area (Å²) in [6.07, 6.45) is 47.3. The molecule has 1 atom stereocenters. The normalized spacial score (nSPS) is 12.0. The molecule has 0 saturated heterocycles. The first kappa shape index (κ1) is 45.9. The van der Waals surface area contributed by atoms with Crippen molar-refractivity contribution in [3.05, 3.63) is 0 Å². The van der Waals surface area contributed by atoms with Gasteiger partial charge in [-0.25, -0.2) is 0 Å². The minimum atomic E-state index is -0.00667. The van der Waals surface area contributed by atoms with Crippen LogP contribution in [0.1, 0.15) is 252 Å². The van der Waals surface area contributed by atoms with Gasteiger partial charge < -0.3 is 10.6 Å². The molecular weight excluding hydrogens is 576 g/mol. The molecule has 0 aromatic heterocycles. The first-order chi connectivity index (χ1) is 23.1. The molecule has 2 amide bonds. The van der Waals surface area contributed by atoms with E-state index in [1.165, 1.54) is 193 Å². The molecule has 0 saturated carbocycles. The van der Waals surface area contributed by atoms with Crippen molar-refractivity contribution < 1.29 is 9.59 Å². The Kier molecular flexibility index (Phi) is 38.5. The molecule has 0 aliphatic carbocycles. The monoisotopic (exact) mass is 663 g/mol. The van der Waals surface area contributed by atoms with Crippen molar-refractivity contribution in [1.29, 1.82) is 0 Å². The summed E-state index contributed by atoms with van der Waals surface area (Å²) in [5.41, 5.74) is 0. The first-order valence-corrected chi connectivity index (χ1v) is 21.7. The highest BCUT2D eigenvalue weighted by Crippen LogP contribution is 2.16. The lowest BCUT2D eigenvalue weighted by atomic mass is 10.0. The molecule has 0 bridgehead atoms. The molecule has 0 fully saturated rings. The fourth-order valence-electron chi connectivity index (χ4n) is 6.77. The van der Waals surface area contributed by atoms with E-state index in [-0.39, 0.29) is 17.9 Å². The highest BCUT2D eigenvalue weighted by molar-refractivity contribution is 5.77. The van der Waals surface area contributed by atoms with Gasteiger partial charge in [-0.3, -0.25) is 9.59 Å². The Morgan fingerprint density at radius 3 is 0.872 bits per heavy atom. The van der Waals surface area contributed by atoms with E-state index in [9.17, 15) is 9.59 Å². The predicted molar refractivity (Wildman–Crippen MR) is 208 cm³/mol. The molecule has 0 aromatic carbocycles. The molecule has 1 unspecified atom stereocenters. The molecule has 47 heavy (non-hydrogen) atoms. The number of carbonyl (C=O) groups excluding carboxylic acids is 2. The number of nitrogens with one attached hydrogen (secondary N) is 2. The van der Waals surface area contributed by atoms with E-state index in [0.717, 1.165) is 25.7 Å². The topological polar surface area (TPSA) is 58.2 Å². The van der Waals surface area contributed by atoms with Gasteiger partial charge >= 0.3 is 0 Å². The van der Waals surface area contributed by atoms with Crippen LogP contribution in [0.2, 0.25) is 0 Å². The zero-order valence-electron chi connectivity index (χ0n) is 32.6. The van der Waals surface area contributed by atoms with Crippen LogP contribution in [0.3, 0.4) is 0 Å². The third-order valence-electron chi connectivity index (χ3n) is 10.0. The third-order valence-corrected chi connectivity index (χ3v) is 10.0. The quantitative estimate of drug-likeness (QED) is 0.0644. The molecule has 0 aromatic rings. The Balaban J connectivity index is 3.36. The number of hydrogen-bond acceptors (Lipinski definition) is 2. The Labute approximate surface area is 295 Å². The molecule has 4 heteroatoms. The molecule has 4 nitrogen and oxygen atoms in total. The van der Waals surface area contributed by atoms with Crippen LogP contribution in [-0.4, -0.2) is 24.4 Å². The first-order valence-electron chi connectivity index (χ1n) is 21.7. The number of unbranched alkanes of at least 4 members (excludes halogenated alkanes) is 32. The van der Waals surface area contributed by atoms with Crippen molar-refractivity contribution in [3.63, 3.8) is 0 Å². The van der Waals surface area contributed by atoms with Crippen LogP contribution in [0.15, 0.2) is 0 Å². The van der Waals surface area contributed by atoms with Crippen LogP contribution in [0.25, 0.3) is 0 Å². The van der Waals surface area contributed by atoms with Crippen LogP contribution in [-0.2, 0) is 9.59 Å². The second kappa shape index (κ2) is 39.4. The molecule has 0 radical (unpaired) electrons. The predicted octanol–water partition coefficient (Wildman–Crippen LogP) is 13.7. The largest absolute Gasteiger partial charge is 0.354 e. The van der Waals surface area contributed by atoms with Gasteiger partial charge in [-0.05, 0) is 19.8 Å². The summed E-state index contributed by atoms with van der Waals surface area (Å²) < 4.78 is 0. The lowest BCUT2D eigenvalue weighted by Crippen LogP contribution is -2.41. The van der Waals surface area contributed by atoms with Gasteiger partial charge in [-0.2, -0.15) is 0 Å². The number of rotatable bonds is 39. The van der Waals surface area contributed by atoms with Crippen LogP contribution >= 0.6 is 0 Å². The lowest BCUT2D eigenvalue weighted by Gasteiger charge is -2.15. The summed E-state index contributed by atoms with van der Waals surface area (Å²) in [7, 11) is 0. The summed E-state index contributed by atoms with van der Waals surface area (Å²) in [5, 5.41) is 6.08. The average molecular weight is 663 g/mol. The summed E-state index contributed by atoms with van der Waals surface area (Å²) in [4.78, 5) is 24.5. The van der Waals surface area contributed by atoms with Crippen LogP contribution in [0.4, 0.5) is 0 Å². The SMILES string of the molecule is CCCCCCCCCCCCCCCCCCCC(=O)NCC(C)NC(=O)CCCCCCCCCCCCCCCCCCC. The molecule has 2 N–H and O–H groups in total. The Bertz CT molecular complexity index is 637. The van der Waals surface area contributed by atoms with Gasteiger partial charge in [0, 0.05) is 25.4 Å². The lowest BCUT2D eigenvalue weighted by molar-refractivity contribution is -0.123. The van der Waals surface area contributed by atoms with E-state index in [1.807, 2.05) is 6.92 Å². The molecule has 0 heterocycles. The fourth-order valence-corrected chi connectivity index (χ4v) is 6.77. The van der Waals surface area contributed by atoms with Crippen molar-refractivity contribution in [2.75, 3.05) is 6.54 Å². The van der Waals surface area contributed by atoms with Crippen LogP contribution in [0, 0.1) is 0 Å². The fraction of sp³-hybridized carbons (Fsp3) is 0.953. The molecule has 0 spiro atoms. The summed E-state index contributed by atoms with van der Waals surface area (Å²) >= 11 is 0. The Hall–Kier alpha value is -1.06. The zero-order chi connectivity index (χ0) is 34.3. The van der Waals surface area contributed by atoms with Crippen LogP contribution in [0.5, 0.6) is 0 Å². The smallest absolute Gasteiger partial charge is 0.220 e. The highest BCUT2D eigenvalue weighted by Gasteiger charge is 2.09. The van der Waals surface area contributed by atoms with Crippen LogP contribution < -0.4 is 10.6 Å². The third kappa shape index (κ3) is 39.3. The van der Waals surface area contributed by atoms with E-state index < -0.39 is 0 Å². The number of carbonyl (C=O) groups is 2. The molecule has 0 aliphatic heterocycles. The second-order valence-corrected chi connectivity index (χ2v) is 15.1. The highest BCUT2D eigenvalue weighted by atomic mass is 16.2. The molecule has 0 aliphatic rings. The number of amides is 2. The maximum Gasteiger partial charge on any atom is 0.220 e. The van der Waals surface area contributed by atoms with Crippen molar-refractivity contribution in [2.45, 2.75) is 258 Å². The van der Waals surface area contributed by atoms with Gasteiger partial charge in [0.2, 0.25) is 11.8 Å². The van der Waals surface area contributed by atoms with Gasteiger partial charge in [-0.1, -0.05) is 219 Å². The van der Waals surface area contributed by atoms with Crippen molar-refractivity contribution in [3.8, 4) is 0 Å². The van der Waals surface area contributed by atoms with Gasteiger partial charge in [0.1, 0.15) is 0 Å². The number of hydrogen-bond donors (Lipinski definition) is 2. The van der Waals surface area contributed by atoms with E-state index >= 15 is 0 Å². The maximum atomic E-state index is 12.3. The minimum Gasteiger partial charge on any atom is -0.354 e. The zero-order valence-corrected chi connectivity index (χ0v) is 32.6. The molecular formula is C43H86N2O2. The molecule has 0 rings (SSSR count). The Morgan fingerprint density at radius 2 is 0.596 bits per heavy atom. The standard InChI is InChI=1S/C43H86N2O2/c1-4-6-8-10-12-14-16-18-20-22-24-26-28-30-32-34-36-38-42(46)44-40-41(3)45-43(47)39-37-35-33-31-29-27-25-23-21-19-17-15-13-11-9-7-5-2/h41H,4-40H2,1-3H3,(H,44,46)(H,45,47). The van der Waals surface area contributed by atoms with E-state index in [1.54, 1.807) is 0 Å². The van der Waals surface area contributed by atoms with Gasteiger partial charge in [0.05, 0.1) is 0 Å². The van der Waals surface area contributed by atoms with Gasteiger partial charge in [0.15, 0.2) is 0 Å². The summed E-state index contributed by atoms with van der Waals surface area (Å²) in [6, 6.07) is -0.00667. The Morgan fingerprint density at radius 1 is 0.362 bits per heavy atom. The molecule has 280 valence electrons. The van der Waals surface area contributed by atoms with E-state index in [0.29, 0.717) is 19.4 Å².